The third kappa shape index (κ3) is 58.2. The molecule has 0 aromatic heterocycles. The van der Waals surface area contributed by atoms with Crippen molar-refractivity contribution in [2.75, 3.05) is 6.61 Å². The van der Waals surface area contributed by atoms with E-state index in [-0.39, 0.29) is 12.5 Å². The first-order valence-corrected chi connectivity index (χ1v) is 32.7. The lowest BCUT2D eigenvalue weighted by molar-refractivity contribution is -0.123. The molecule has 69 heavy (non-hydrogen) atoms. The third-order valence-electron chi connectivity index (χ3n) is 15.9. The van der Waals surface area contributed by atoms with Gasteiger partial charge in [0.05, 0.1) is 18.8 Å². The highest BCUT2D eigenvalue weighted by molar-refractivity contribution is 5.76. The summed E-state index contributed by atoms with van der Waals surface area (Å²) in [5.41, 5.74) is 0. The van der Waals surface area contributed by atoms with Crippen LogP contribution in [0.4, 0.5) is 0 Å². The second-order valence-electron chi connectivity index (χ2n) is 22.9. The van der Waals surface area contributed by atoms with Crippen LogP contribution in [0.25, 0.3) is 0 Å². The van der Waals surface area contributed by atoms with Gasteiger partial charge in [-0.15, -0.1) is 0 Å². The smallest absolute Gasteiger partial charge is 0.220 e. The summed E-state index contributed by atoms with van der Waals surface area (Å²) in [4.78, 5) is 12.5. The first kappa shape index (κ1) is 68.4. The van der Waals surface area contributed by atoms with Crippen molar-refractivity contribution in [3.63, 3.8) is 0 Å². The van der Waals surface area contributed by atoms with Gasteiger partial charge in [-0.3, -0.25) is 4.79 Å². The summed E-state index contributed by atoms with van der Waals surface area (Å²) in [7, 11) is 0. The molecule has 4 nitrogen and oxygen atoms in total. The molecule has 0 aromatic rings. The minimum Gasteiger partial charge on any atom is -0.394 e. The highest BCUT2D eigenvalue weighted by Crippen LogP contribution is 2.20. The van der Waals surface area contributed by atoms with Crippen LogP contribution in [0.15, 0.2) is 0 Å². The van der Waals surface area contributed by atoms with Crippen molar-refractivity contribution >= 4 is 5.91 Å². The van der Waals surface area contributed by atoms with Crippen molar-refractivity contribution in [2.45, 2.75) is 405 Å². The molecule has 0 aliphatic heterocycles. The summed E-state index contributed by atoms with van der Waals surface area (Å²) < 4.78 is 0. The fraction of sp³-hybridized carbons (Fsp3) is 0.985. The number of carbonyl (C=O) groups is 1. The Labute approximate surface area is 435 Å². The van der Waals surface area contributed by atoms with E-state index in [2.05, 4.69) is 19.2 Å². The molecule has 2 unspecified atom stereocenters. The second kappa shape index (κ2) is 61.7. The van der Waals surface area contributed by atoms with Gasteiger partial charge in [-0.25, -0.2) is 0 Å². The van der Waals surface area contributed by atoms with Crippen LogP contribution >= 0.6 is 0 Å². The minimum atomic E-state index is -0.656. The molecule has 0 aliphatic carbocycles. The molecule has 1 amide bonds. The van der Waals surface area contributed by atoms with Crippen molar-refractivity contribution < 1.29 is 15.0 Å². The zero-order valence-electron chi connectivity index (χ0n) is 47.9. The van der Waals surface area contributed by atoms with E-state index in [1.165, 1.54) is 340 Å². The summed E-state index contributed by atoms with van der Waals surface area (Å²) in [5.74, 6) is -0.0200. The van der Waals surface area contributed by atoms with Crippen LogP contribution in [-0.4, -0.2) is 34.9 Å². The van der Waals surface area contributed by atoms with Crippen LogP contribution in [0, 0.1) is 0 Å². The Morgan fingerprint density at radius 2 is 0.464 bits per heavy atom. The molecule has 0 saturated carbocycles. The minimum absolute atomic E-state index is 0.0200. The van der Waals surface area contributed by atoms with Crippen molar-refractivity contribution in [3.05, 3.63) is 0 Å². The third-order valence-corrected chi connectivity index (χ3v) is 15.9. The van der Waals surface area contributed by atoms with Crippen molar-refractivity contribution in [3.8, 4) is 0 Å². The van der Waals surface area contributed by atoms with Gasteiger partial charge in [0.15, 0.2) is 0 Å². The Hall–Kier alpha value is -0.610. The van der Waals surface area contributed by atoms with Gasteiger partial charge in [0, 0.05) is 6.42 Å². The van der Waals surface area contributed by atoms with Crippen molar-refractivity contribution in [1.29, 1.82) is 0 Å². The fourth-order valence-electron chi connectivity index (χ4n) is 10.9. The molecule has 0 fully saturated rings. The van der Waals surface area contributed by atoms with Crippen molar-refractivity contribution in [2.24, 2.45) is 0 Å². The van der Waals surface area contributed by atoms with E-state index in [0.717, 1.165) is 25.7 Å². The van der Waals surface area contributed by atoms with Gasteiger partial charge in [-0.2, -0.15) is 0 Å². The normalized spacial score (nSPS) is 12.6. The zero-order chi connectivity index (χ0) is 49.9. The lowest BCUT2D eigenvalue weighted by Gasteiger charge is -2.22. The maximum Gasteiger partial charge on any atom is 0.220 e. The number of unbranched alkanes of at least 4 members (excludes halogenated alkanes) is 55. The highest BCUT2D eigenvalue weighted by atomic mass is 16.3. The number of amides is 1. The average molecular weight is 975 g/mol. The molecule has 4 heteroatoms. The second-order valence-corrected chi connectivity index (χ2v) is 22.9. The number of hydrogen-bond donors (Lipinski definition) is 3. The molecule has 0 spiro atoms. The van der Waals surface area contributed by atoms with Gasteiger partial charge in [-0.05, 0) is 12.8 Å². The van der Waals surface area contributed by atoms with E-state index in [1.807, 2.05) is 0 Å². The first-order chi connectivity index (χ1) is 34.2. The average Bonchev–Trinajstić information content (AvgIpc) is 3.35. The van der Waals surface area contributed by atoms with Crippen LogP contribution in [0.2, 0.25) is 0 Å². The van der Waals surface area contributed by atoms with Crippen LogP contribution < -0.4 is 5.32 Å². The number of hydrogen-bond acceptors (Lipinski definition) is 3. The SMILES string of the molecule is CCCCCCCCCCCCCCCCCCCCCCCCCCCCCCCCC(O)C(CO)NC(=O)CCCCCCCCCCCCCCCCCCCCCCCCCCCCC. The molecular weight excluding hydrogens is 843 g/mol. The Kier molecular flexibility index (Phi) is 61.1. The number of aliphatic hydroxyl groups excluding tert-OH is 2. The molecule has 0 rings (SSSR count). The van der Waals surface area contributed by atoms with Crippen LogP contribution in [0.1, 0.15) is 393 Å². The lowest BCUT2D eigenvalue weighted by Crippen LogP contribution is -2.45. The van der Waals surface area contributed by atoms with E-state index < -0.39 is 12.1 Å². The number of carbonyl (C=O) groups excluding carboxylic acids is 1. The Bertz CT molecular complexity index is 925. The van der Waals surface area contributed by atoms with E-state index in [0.29, 0.717) is 12.8 Å². The number of aliphatic hydroxyl groups is 2. The van der Waals surface area contributed by atoms with Crippen LogP contribution in [0.5, 0.6) is 0 Å². The molecule has 0 radical (unpaired) electrons. The van der Waals surface area contributed by atoms with E-state index in [4.69, 9.17) is 0 Å². The van der Waals surface area contributed by atoms with Gasteiger partial charge in [0.25, 0.3) is 0 Å². The van der Waals surface area contributed by atoms with Gasteiger partial charge >= 0.3 is 0 Å². The van der Waals surface area contributed by atoms with Gasteiger partial charge in [0.1, 0.15) is 0 Å². The highest BCUT2D eigenvalue weighted by Gasteiger charge is 2.20. The van der Waals surface area contributed by atoms with Gasteiger partial charge < -0.3 is 15.5 Å². The quantitative estimate of drug-likeness (QED) is 0.0532. The molecule has 3 N–H and O–H groups in total. The van der Waals surface area contributed by atoms with Crippen LogP contribution in [0.3, 0.4) is 0 Å². The Balaban J connectivity index is 3.37. The molecule has 0 bridgehead atoms. The predicted molar refractivity (Wildman–Crippen MR) is 309 cm³/mol. The van der Waals surface area contributed by atoms with E-state index in [1.54, 1.807) is 0 Å². The van der Waals surface area contributed by atoms with Gasteiger partial charge in [0.2, 0.25) is 5.91 Å². The molecule has 0 heterocycles. The van der Waals surface area contributed by atoms with Gasteiger partial charge in [-0.1, -0.05) is 373 Å². The molecule has 414 valence electrons. The summed E-state index contributed by atoms with van der Waals surface area (Å²) >= 11 is 0. The maximum absolute atomic E-state index is 12.5. The Morgan fingerprint density at radius 3 is 0.652 bits per heavy atom. The summed E-state index contributed by atoms with van der Waals surface area (Å²) in [6.45, 7) is 4.42. The lowest BCUT2D eigenvalue weighted by atomic mass is 10.0. The van der Waals surface area contributed by atoms with E-state index >= 15 is 0 Å². The number of rotatable bonds is 62. The maximum atomic E-state index is 12.5. The fourth-order valence-corrected chi connectivity index (χ4v) is 10.9. The summed E-state index contributed by atoms with van der Waals surface area (Å²) in [5, 5.41) is 23.4. The molecule has 2 atom stereocenters. The molecular formula is C65H131NO3. The zero-order valence-corrected chi connectivity index (χ0v) is 47.9. The topological polar surface area (TPSA) is 69.6 Å². The monoisotopic (exact) mass is 974 g/mol. The number of nitrogens with one attached hydrogen (secondary N) is 1. The summed E-state index contributed by atoms with van der Waals surface area (Å²) in [6, 6.07) is -0.532. The molecule has 0 aromatic carbocycles. The molecule has 0 aliphatic rings. The largest absolute Gasteiger partial charge is 0.394 e. The van der Waals surface area contributed by atoms with E-state index in [9.17, 15) is 15.0 Å². The predicted octanol–water partition coefficient (Wildman–Crippen LogP) is 21.9. The first-order valence-electron chi connectivity index (χ1n) is 32.7. The summed E-state index contributed by atoms with van der Waals surface area (Å²) in [6.07, 6.45) is 80.0. The Morgan fingerprint density at radius 1 is 0.290 bits per heavy atom. The van der Waals surface area contributed by atoms with Crippen molar-refractivity contribution in [1.82, 2.24) is 5.32 Å². The standard InChI is InChI=1S/C65H131NO3/c1-3-5-7-9-11-13-15-17-19-21-23-25-27-29-31-32-33-35-36-38-40-42-44-46-48-50-52-54-56-58-60-64(68)63(62-67)66-65(69)61-59-57-55-53-51-49-47-45-43-41-39-37-34-30-28-26-24-22-20-18-16-14-12-10-8-6-4-2/h63-64,67-68H,3-62H2,1-2H3,(H,66,69). The van der Waals surface area contributed by atoms with Crippen LogP contribution in [-0.2, 0) is 4.79 Å². The molecule has 0 saturated heterocycles.